The molecule has 0 aliphatic carbocycles. The summed E-state index contributed by atoms with van der Waals surface area (Å²) in [5.74, 6) is -0.404. The number of halogens is 3. The maximum Gasteiger partial charge on any atom is 0.417 e. The smallest absolute Gasteiger partial charge is 0.417 e. The standard InChI is InChI=1S/C7H6F3N3O3S/c8-7(9,10)4-1-5(12-3-14)6(11-2-4)13-17(15)16/h1-3H,(H,11,13)(H,12,14)(H,15,16)/p-1. The zero-order valence-corrected chi connectivity index (χ0v) is 8.76. The van der Waals surface area contributed by atoms with Crippen LogP contribution in [0.3, 0.4) is 0 Å². The van der Waals surface area contributed by atoms with Crippen molar-refractivity contribution in [3.05, 3.63) is 17.8 Å². The highest BCUT2D eigenvalue weighted by molar-refractivity contribution is 7.80. The summed E-state index contributed by atoms with van der Waals surface area (Å²) in [6.07, 6.45) is -4.08. The van der Waals surface area contributed by atoms with Gasteiger partial charge < -0.3 is 9.87 Å². The number of alkyl halides is 3. The number of aromatic nitrogens is 1. The van der Waals surface area contributed by atoms with Crippen molar-refractivity contribution in [2.75, 3.05) is 10.0 Å². The van der Waals surface area contributed by atoms with Crippen LogP contribution < -0.4 is 10.0 Å². The first kappa shape index (κ1) is 13.4. The summed E-state index contributed by atoms with van der Waals surface area (Å²) in [6.45, 7) is 0. The van der Waals surface area contributed by atoms with E-state index < -0.39 is 28.8 Å². The van der Waals surface area contributed by atoms with Crippen molar-refractivity contribution in [2.24, 2.45) is 0 Å². The fourth-order valence-corrected chi connectivity index (χ4v) is 1.27. The van der Waals surface area contributed by atoms with Gasteiger partial charge in [0.1, 0.15) is 0 Å². The normalized spacial score (nSPS) is 12.9. The van der Waals surface area contributed by atoms with Gasteiger partial charge in [0, 0.05) is 17.5 Å². The van der Waals surface area contributed by atoms with Crippen molar-refractivity contribution in [3.63, 3.8) is 0 Å². The lowest BCUT2D eigenvalue weighted by molar-refractivity contribution is -0.137. The largest absolute Gasteiger partial charge is 0.755 e. The SMILES string of the molecule is O=CNc1cc(C(F)(F)F)cnc1NS(=O)[O-]. The lowest BCUT2D eigenvalue weighted by atomic mass is 10.2. The van der Waals surface area contributed by atoms with Gasteiger partial charge in [-0.05, 0) is 6.07 Å². The number of nitrogens with one attached hydrogen (secondary N) is 2. The number of hydrogen-bond acceptors (Lipinski definition) is 4. The molecule has 0 radical (unpaired) electrons. The molecular weight excluding hydrogens is 263 g/mol. The van der Waals surface area contributed by atoms with E-state index in [9.17, 15) is 26.7 Å². The van der Waals surface area contributed by atoms with Crippen LogP contribution in [0.25, 0.3) is 0 Å². The molecule has 1 unspecified atom stereocenters. The molecule has 0 aliphatic heterocycles. The predicted octanol–water partition coefficient (Wildman–Crippen LogP) is 0.875. The second kappa shape index (κ2) is 5.10. The van der Waals surface area contributed by atoms with Gasteiger partial charge in [-0.2, -0.15) is 13.2 Å². The Morgan fingerprint density at radius 1 is 1.47 bits per heavy atom. The lowest BCUT2D eigenvalue weighted by Gasteiger charge is -2.14. The van der Waals surface area contributed by atoms with Crippen molar-refractivity contribution in [3.8, 4) is 0 Å². The lowest BCUT2D eigenvalue weighted by Crippen LogP contribution is -2.11. The highest BCUT2D eigenvalue weighted by Gasteiger charge is 2.31. The molecule has 0 aliphatic rings. The second-order valence-electron chi connectivity index (χ2n) is 2.72. The molecule has 17 heavy (non-hydrogen) atoms. The number of pyridine rings is 1. The molecule has 0 bridgehead atoms. The number of carbonyl (C=O) groups is 1. The summed E-state index contributed by atoms with van der Waals surface area (Å²) in [4.78, 5) is 13.4. The Bertz CT molecular complexity index is 452. The minimum Gasteiger partial charge on any atom is -0.755 e. The minimum atomic E-state index is -4.64. The van der Waals surface area contributed by atoms with Crippen LogP contribution in [0.4, 0.5) is 24.7 Å². The van der Waals surface area contributed by atoms with Crippen molar-refractivity contribution in [1.29, 1.82) is 0 Å². The van der Waals surface area contributed by atoms with E-state index in [1.165, 1.54) is 0 Å². The molecule has 0 aromatic carbocycles. The third-order valence-corrected chi connectivity index (χ3v) is 1.97. The first-order valence-electron chi connectivity index (χ1n) is 3.98. The summed E-state index contributed by atoms with van der Waals surface area (Å²) in [6, 6.07) is 0.566. The van der Waals surface area contributed by atoms with E-state index in [4.69, 9.17) is 0 Å². The van der Waals surface area contributed by atoms with E-state index in [-0.39, 0.29) is 12.1 Å². The van der Waals surface area contributed by atoms with Crippen molar-refractivity contribution in [2.45, 2.75) is 6.18 Å². The first-order chi connectivity index (χ1) is 7.84. The van der Waals surface area contributed by atoms with Crippen LogP contribution in [-0.2, 0) is 22.2 Å². The number of nitrogens with zero attached hydrogens (tertiary/aromatic N) is 1. The van der Waals surface area contributed by atoms with Gasteiger partial charge in [0.25, 0.3) is 0 Å². The third-order valence-electron chi connectivity index (χ3n) is 1.61. The van der Waals surface area contributed by atoms with Gasteiger partial charge in [-0.1, -0.05) is 0 Å². The molecule has 1 heterocycles. The molecule has 0 saturated carbocycles. The number of hydrogen-bond donors (Lipinski definition) is 2. The second-order valence-corrected chi connectivity index (χ2v) is 3.39. The van der Waals surface area contributed by atoms with Gasteiger partial charge in [-0.25, -0.2) is 4.98 Å². The summed E-state index contributed by atoms with van der Waals surface area (Å²) in [7, 11) is 0. The Hall–Kier alpha value is -1.68. The fourth-order valence-electron chi connectivity index (χ4n) is 0.954. The zero-order valence-electron chi connectivity index (χ0n) is 7.95. The number of anilines is 2. The summed E-state index contributed by atoms with van der Waals surface area (Å²) < 4.78 is 59.3. The molecule has 1 atom stereocenters. The number of rotatable bonds is 4. The molecule has 0 fully saturated rings. The van der Waals surface area contributed by atoms with Crippen LogP contribution in [0.5, 0.6) is 0 Å². The van der Waals surface area contributed by atoms with Crippen LogP contribution in [0, 0.1) is 0 Å². The van der Waals surface area contributed by atoms with Gasteiger partial charge in [-0.15, -0.1) is 0 Å². The average Bonchev–Trinajstić information content (AvgIpc) is 2.18. The first-order valence-corrected chi connectivity index (χ1v) is 5.05. The maximum atomic E-state index is 12.3. The Kier molecular flexibility index (Phi) is 4.02. The Morgan fingerprint density at radius 3 is 2.59 bits per heavy atom. The van der Waals surface area contributed by atoms with E-state index in [1.54, 1.807) is 4.72 Å². The number of carbonyl (C=O) groups excluding carboxylic acids is 1. The van der Waals surface area contributed by atoms with Crippen molar-refractivity contribution >= 4 is 29.2 Å². The third kappa shape index (κ3) is 3.67. The molecule has 2 N–H and O–H groups in total. The topological polar surface area (TPSA) is 94.2 Å². The monoisotopic (exact) mass is 268 g/mol. The summed E-state index contributed by atoms with van der Waals surface area (Å²) >= 11 is -2.76. The number of amides is 1. The molecular formula is C7H5F3N3O3S-. The molecule has 1 amide bonds. The quantitative estimate of drug-likeness (QED) is 0.626. The van der Waals surface area contributed by atoms with Crippen molar-refractivity contribution in [1.82, 2.24) is 4.98 Å². The Labute approximate surface area is 95.7 Å². The highest BCUT2D eigenvalue weighted by atomic mass is 32.2. The van der Waals surface area contributed by atoms with Gasteiger partial charge in [0.2, 0.25) is 6.41 Å². The van der Waals surface area contributed by atoms with Crippen LogP contribution >= 0.6 is 0 Å². The van der Waals surface area contributed by atoms with Gasteiger partial charge in [0.15, 0.2) is 5.82 Å². The molecule has 1 aromatic heterocycles. The molecule has 1 rings (SSSR count). The molecule has 1 aromatic rings. The van der Waals surface area contributed by atoms with Gasteiger partial charge in [0.05, 0.1) is 11.3 Å². The molecule has 0 saturated heterocycles. The maximum absolute atomic E-state index is 12.3. The van der Waals surface area contributed by atoms with Crippen LogP contribution in [0.2, 0.25) is 0 Å². The zero-order chi connectivity index (χ0) is 13.1. The van der Waals surface area contributed by atoms with E-state index in [0.29, 0.717) is 12.3 Å². The van der Waals surface area contributed by atoms with Crippen LogP contribution in [0.1, 0.15) is 5.56 Å². The molecule has 10 heteroatoms. The van der Waals surface area contributed by atoms with E-state index in [1.807, 2.05) is 5.32 Å². The van der Waals surface area contributed by atoms with Gasteiger partial charge >= 0.3 is 6.18 Å². The van der Waals surface area contributed by atoms with E-state index >= 15 is 0 Å². The summed E-state index contributed by atoms with van der Waals surface area (Å²) in [5, 5.41) is 1.92. The molecule has 0 spiro atoms. The Balaban J connectivity index is 3.16. The molecule has 6 nitrogen and oxygen atoms in total. The van der Waals surface area contributed by atoms with Crippen LogP contribution in [-0.4, -0.2) is 20.2 Å². The van der Waals surface area contributed by atoms with E-state index in [0.717, 1.165) is 0 Å². The highest BCUT2D eigenvalue weighted by Crippen LogP contribution is 2.32. The minimum absolute atomic E-state index is 0.107. The average molecular weight is 268 g/mol. The van der Waals surface area contributed by atoms with Crippen LogP contribution in [0.15, 0.2) is 12.3 Å². The van der Waals surface area contributed by atoms with Gasteiger partial charge in [-0.3, -0.25) is 13.7 Å². The molecule has 94 valence electrons. The van der Waals surface area contributed by atoms with Crippen molar-refractivity contribution < 1.29 is 26.7 Å². The van der Waals surface area contributed by atoms with E-state index in [2.05, 4.69) is 4.98 Å². The Morgan fingerprint density at radius 2 is 2.12 bits per heavy atom. The fraction of sp³-hybridized carbons (Fsp3) is 0.143. The summed E-state index contributed by atoms with van der Waals surface area (Å²) in [5.41, 5.74) is -1.50. The predicted molar refractivity (Wildman–Crippen MR) is 51.5 cm³/mol.